The lowest BCUT2D eigenvalue weighted by Gasteiger charge is -2.33. The topological polar surface area (TPSA) is 52.3 Å². The lowest BCUT2D eigenvalue weighted by molar-refractivity contribution is -0.153. The van der Waals surface area contributed by atoms with Crippen LogP contribution in [-0.2, 0) is 9.53 Å². The van der Waals surface area contributed by atoms with Crippen LogP contribution in [0.25, 0.3) is 0 Å². The van der Waals surface area contributed by atoms with E-state index in [0.29, 0.717) is 0 Å². The van der Waals surface area contributed by atoms with Crippen molar-refractivity contribution >= 4 is 5.97 Å². The summed E-state index contributed by atoms with van der Waals surface area (Å²) in [5.41, 5.74) is 5.26. The summed E-state index contributed by atoms with van der Waals surface area (Å²) in [4.78, 5) is 11.8. The van der Waals surface area contributed by atoms with E-state index < -0.39 is 0 Å². The van der Waals surface area contributed by atoms with Crippen molar-refractivity contribution in [3.8, 4) is 0 Å². The maximum atomic E-state index is 11.8. The molecule has 3 nitrogen and oxygen atoms in total. The maximum absolute atomic E-state index is 11.8. The Morgan fingerprint density at radius 2 is 1.67 bits per heavy atom. The van der Waals surface area contributed by atoms with Crippen LogP contribution in [0.5, 0.6) is 0 Å². The zero-order valence-electron chi connectivity index (χ0n) is 10.9. The Hall–Kier alpha value is -0.570. The summed E-state index contributed by atoms with van der Waals surface area (Å²) in [7, 11) is 0. The van der Waals surface area contributed by atoms with E-state index in [0.717, 1.165) is 6.42 Å². The number of hydrogen-bond donors (Lipinski definition) is 1. The highest BCUT2D eigenvalue weighted by molar-refractivity contribution is 5.73. The van der Waals surface area contributed by atoms with Gasteiger partial charge in [-0.15, -0.1) is 0 Å². The van der Waals surface area contributed by atoms with Gasteiger partial charge in [-0.3, -0.25) is 10.5 Å². The fraction of sp³-hybridized carbons (Fsp3) is 0.917. The third kappa shape index (κ3) is 5.78. The zero-order chi connectivity index (χ0) is 12.3. The Morgan fingerprint density at radius 3 is 1.93 bits per heavy atom. The average Bonchev–Trinajstić information content (AvgIpc) is 1.97. The molecule has 90 valence electrons. The minimum absolute atomic E-state index is 0.0322. The molecule has 0 aromatic heterocycles. The van der Waals surface area contributed by atoms with Crippen LogP contribution in [0.4, 0.5) is 0 Å². The van der Waals surface area contributed by atoms with E-state index in [1.807, 2.05) is 0 Å². The Bertz CT molecular complexity index is 211. The van der Waals surface area contributed by atoms with Gasteiger partial charge in [0.1, 0.15) is 6.73 Å². The number of ether oxygens (including phenoxy) is 1. The first kappa shape index (κ1) is 14.4. The van der Waals surface area contributed by atoms with E-state index in [1.165, 1.54) is 0 Å². The molecule has 2 N–H and O–H groups in total. The molecule has 0 aliphatic carbocycles. The molecule has 0 spiro atoms. The number of nitrogens with two attached hydrogens (primary N) is 1. The third-order valence-corrected chi connectivity index (χ3v) is 2.37. The second kappa shape index (κ2) is 4.97. The largest absolute Gasteiger partial charge is 0.450 e. The number of carbonyl (C=O) groups excluding carboxylic acids is 1. The minimum Gasteiger partial charge on any atom is -0.450 e. The van der Waals surface area contributed by atoms with Crippen LogP contribution in [0.15, 0.2) is 0 Å². The standard InChI is InChI=1S/C12H25NO2/c1-11(2,3)7-9(12(4,5)6)10(14)15-8-13/h9H,7-8,13H2,1-6H3. The second-order valence-electron chi connectivity index (χ2n) is 6.31. The smallest absolute Gasteiger partial charge is 0.310 e. The Kier molecular flexibility index (Phi) is 4.78. The summed E-state index contributed by atoms with van der Waals surface area (Å²) in [6, 6.07) is 0. The predicted octanol–water partition coefficient (Wildman–Crippen LogP) is 2.54. The van der Waals surface area contributed by atoms with E-state index in [1.54, 1.807) is 0 Å². The molecule has 0 heterocycles. The Morgan fingerprint density at radius 1 is 1.20 bits per heavy atom. The van der Waals surface area contributed by atoms with Gasteiger partial charge in [-0.05, 0) is 17.3 Å². The van der Waals surface area contributed by atoms with Gasteiger partial charge in [0.2, 0.25) is 0 Å². The van der Waals surface area contributed by atoms with Gasteiger partial charge < -0.3 is 4.74 Å². The van der Waals surface area contributed by atoms with E-state index >= 15 is 0 Å². The van der Waals surface area contributed by atoms with Gasteiger partial charge in [-0.1, -0.05) is 41.5 Å². The third-order valence-electron chi connectivity index (χ3n) is 2.37. The van der Waals surface area contributed by atoms with Gasteiger partial charge >= 0.3 is 5.97 Å². The lowest BCUT2D eigenvalue weighted by atomic mass is 9.72. The van der Waals surface area contributed by atoms with Crippen LogP contribution in [0.2, 0.25) is 0 Å². The van der Waals surface area contributed by atoms with Gasteiger partial charge in [-0.25, -0.2) is 0 Å². The molecular weight excluding hydrogens is 190 g/mol. The Balaban J connectivity index is 4.68. The molecule has 15 heavy (non-hydrogen) atoms. The fourth-order valence-corrected chi connectivity index (χ4v) is 1.54. The zero-order valence-corrected chi connectivity index (χ0v) is 10.9. The summed E-state index contributed by atoms with van der Waals surface area (Å²) >= 11 is 0. The number of carbonyl (C=O) groups is 1. The first-order chi connectivity index (χ1) is 6.58. The van der Waals surface area contributed by atoms with Crippen molar-refractivity contribution in [3.63, 3.8) is 0 Å². The average molecular weight is 215 g/mol. The predicted molar refractivity (Wildman–Crippen MR) is 62.2 cm³/mol. The summed E-state index contributed by atoms with van der Waals surface area (Å²) in [6.45, 7) is 12.5. The van der Waals surface area contributed by atoms with Crippen LogP contribution in [0.3, 0.4) is 0 Å². The number of rotatable bonds is 3. The van der Waals surface area contributed by atoms with Gasteiger partial charge in [0.25, 0.3) is 0 Å². The monoisotopic (exact) mass is 215 g/mol. The molecule has 0 aromatic carbocycles. The molecule has 0 amide bonds. The van der Waals surface area contributed by atoms with Crippen LogP contribution in [0, 0.1) is 16.7 Å². The number of esters is 1. The van der Waals surface area contributed by atoms with Crippen molar-refractivity contribution in [2.75, 3.05) is 6.73 Å². The molecule has 0 rings (SSSR count). The maximum Gasteiger partial charge on any atom is 0.310 e. The molecule has 1 atom stereocenters. The van der Waals surface area contributed by atoms with Crippen molar-refractivity contribution in [3.05, 3.63) is 0 Å². The minimum atomic E-state index is -0.181. The highest BCUT2D eigenvalue weighted by Crippen LogP contribution is 2.36. The molecule has 0 aromatic rings. The summed E-state index contributed by atoms with van der Waals surface area (Å²) in [5, 5.41) is 0. The highest BCUT2D eigenvalue weighted by atomic mass is 16.5. The molecule has 0 aliphatic rings. The van der Waals surface area contributed by atoms with Gasteiger partial charge in [-0.2, -0.15) is 0 Å². The van der Waals surface area contributed by atoms with E-state index in [9.17, 15) is 4.79 Å². The first-order valence-electron chi connectivity index (χ1n) is 5.44. The summed E-state index contributed by atoms with van der Waals surface area (Å²) < 4.78 is 4.92. The molecular formula is C12H25NO2. The lowest BCUT2D eigenvalue weighted by Crippen LogP contribution is -2.34. The van der Waals surface area contributed by atoms with Crippen molar-refractivity contribution in [1.29, 1.82) is 0 Å². The van der Waals surface area contributed by atoms with Crippen LogP contribution in [-0.4, -0.2) is 12.7 Å². The van der Waals surface area contributed by atoms with Gasteiger partial charge in [0, 0.05) is 0 Å². The number of hydrogen-bond acceptors (Lipinski definition) is 3. The summed E-state index contributed by atoms with van der Waals surface area (Å²) in [6.07, 6.45) is 0.815. The molecule has 0 bridgehead atoms. The Labute approximate surface area is 93.4 Å². The van der Waals surface area contributed by atoms with E-state index in [2.05, 4.69) is 41.5 Å². The first-order valence-corrected chi connectivity index (χ1v) is 5.44. The quantitative estimate of drug-likeness (QED) is 0.581. The molecule has 0 saturated heterocycles. The van der Waals surface area contributed by atoms with Crippen LogP contribution >= 0.6 is 0 Å². The molecule has 3 heteroatoms. The fourth-order valence-electron chi connectivity index (χ4n) is 1.54. The van der Waals surface area contributed by atoms with Gasteiger partial charge in [0.15, 0.2) is 0 Å². The van der Waals surface area contributed by atoms with Crippen molar-refractivity contribution in [2.24, 2.45) is 22.5 Å². The van der Waals surface area contributed by atoms with Crippen LogP contribution in [0.1, 0.15) is 48.0 Å². The molecule has 1 unspecified atom stereocenters. The van der Waals surface area contributed by atoms with E-state index in [-0.39, 0.29) is 29.4 Å². The van der Waals surface area contributed by atoms with E-state index in [4.69, 9.17) is 10.5 Å². The van der Waals surface area contributed by atoms with Crippen LogP contribution < -0.4 is 5.73 Å². The van der Waals surface area contributed by atoms with Crippen molar-refractivity contribution < 1.29 is 9.53 Å². The molecule has 0 saturated carbocycles. The summed E-state index contributed by atoms with van der Waals surface area (Å²) in [5.74, 6) is -0.277. The molecule has 0 aliphatic heterocycles. The normalized spacial score (nSPS) is 14.9. The van der Waals surface area contributed by atoms with Gasteiger partial charge in [0.05, 0.1) is 5.92 Å². The van der Waals surface area contributed by atoms with Crippen molar-refractivity contribution in [1.82, 2.24) is 0 Å². The highest BCUT2D eigenvalue weighted by Gasteiger charge is 2.35. The molecule has 0 fully saturated rings. The second-order valence-corrected chi connectivity index (χ2v) is 6.31. The molecule has 0 radical (unpaired) electrons. The van der Waals surface area contributed by atoms with Crippen molar-refractivity contribution in [2.45, 2.75) is 48.0 Å². The SMILES string of the molecule is CC(C)(C)CC(C(=O)OCN)C(C)(C)C.